The summed E-state index contributed by atoms with van der Waals surface area (Å²) >= 11 is 0. The molecule has 3 heteroatoms. The SMILES string of the molecule is CCC(CC)(C(=O)CCc1ccc2c(c1)CCO2)N(C)C. The lowest BCUT2D eigenvalue weighted by molar-refractivity contribution is -0.130. The summed E-state index contributed by atoms with van der Waals surface area (Å²) in [7, 11) is 4.02. The van der Waals surface area contributed by atoms with Crippen LogP contribution in [0.4, 0.5) is 0 Å². The first-order valence-electron chi connectivity index (χ1n) is 7.98. The number of carbonyl (C=O) groups is 1. The van der Waals surface area contributed by atoms with Gasteiger partial charge in [-0.1, -0.05) is 26.0 Å². The van der Waals surface area contributed by atoms with Crippen molar-refractivity contribution in [2.24, 2.45) is 0 Å². The van der Waals surface area contributed by atoms with E-state index in [9.17, 15) is 4.79 Å². The van der Waals surface area contributed by atoms with Gasteiger partial charge in [-0.3, -0.25) is 9.69 Å². The van der Waals surface area contributed by atoms with Crippen LogP contribution in [0, 0.1) is 0 Å². The molecule has 0 spiro atoms. The van der Waals surface area contributed by atoms with Gasteiger partial charge in [-0.25, -0.2) is 0 Å². The minimum atomic E-state index is -0.306. The van der Waals surface area contributed by atoms with Gasteiger partial charge in [0.1, 0.15) is 5.75 Å². The van der Waals surface area contributed by atoms with E-state index < -0.39 is 0 Å². The fourth-order valence-corrected chi connectivity index (χ4v) is 3.41. The summed E-state index contributed by atoms with van der Waals surface area (Å²) in [6.07, 6.45) is 4.16. The Labute approximate surface area is 128 Å². The van der Waals surface area contributed by atoms with Crippen molar-refractivity contribution < 1.29 is 9.53 Å². The van der Waals surface area contributed by atoms with Crippen LogP contribution in [0.2, 0.25) is 0 Å². The maximum atomic E-state index is 12.7. The van der Waals surface area contributed by atoms with Crippen LogP contribution >= 0.6 is 0 Å². The number of ketones is 1. The van der Waals surface area contributed by atoms with Gasteiger partial charge < -0.3 is 4.74 Å². The second kappa shape index (κ2) is 6.61. The highest BCUT2D eigenvalue weighted by atomic mass is 16.5. The van der Waals surface area contributed by atoms with Crippen LogP contribution in [-0.4, -0.2) is 36.9 Å². The van der Waals surface area contributed by atoms with Crippen molar-refractivity contribution in [2.75, 3.05) is 20.7 Å². The molecule has 116 valence electrons. The molecule has 0 saturated heterocycles. The summed E-state index contributed by atoms with van der Waals surface area (Å²) in [5.74, 6) is 1.36. The third-order valence-corrected chi connectivity index (χ3v) is 4.94. The average Bonchev–Trinajstić information content (AvgIpc) is 2.94. The number of hydrogen-bond donors (Lipinski definition) is 0. The third kappa shape index (κ3) is 3.13. The molecule has 0 fully saturated rings. The number of carbonyl (C=O) groups excluding carboxylic acids is 1. The molecule has 1 aromatic rings. The first kappa shape index (κ1) is 16.0. The van der Waals surface area contributed by atoms with Crippen molar-refractivity contribution in [1.29, 1.82) is 0 Å². The van der Waals surface area contributed by atoms with Crippen LogP contribution in [0.1, 0.15) is 44.2 Å². The van der Waals surface area contributed by atoms with Gasteiger partial charge in [-0.15, -0.1) is 0 Å². The topological polar surface area (TPSA) is 29.5 Å². The highest BCUT2D eigenvalue weighted by Crippen LogP contribution is 2.28. The van der Waals surface area contributed by atoms with Crippen molar-refractivity contribution >= 4 is 5.78 Å². The minimum Gasteiger partial charge on any atom is -0.493 e. The van der Waals surface area contributed by atoms with Gasteiger partial charge in [0.25, 0.3) is 0 Å². The van der Waals surface area contributed by atoms with Crippen molar-refractivity contribution in [3.63, 3.8) is 0 Å². The molecule has 1 aliphatic rings. The molecule has 0 radical (unpaired) electrons. The summed E-state index contributed by atoms with van der Waals surface area (Å²) in [6.45, 7) is 5.00. The van der Waals surface area contributed by atoms with Gasteiger partial charge in [-0.05, 0) is 50.6 Å². The minimum absolute atomic E-state index is 0.306. The highest BCUT2D eigenvalue weighted by Gasteiger charge is 2.36. The predicted octanol–water partition coefficient (Wildman–Crippen LogP) is 3.24. The number of fused-ring (bicyclic) bond motifs is 1. The highest BCUT2D eigenvalue weighted by molar-refractivity contribution is 5.88. The third-order valence-electron chi connectivity index (χ3n) is 4.94. The van der Waals surface area contributed by atoms with Crippen LogP contribution in [0.5, 0.6) is 5.75 Å². The Kier molecular flexibility index (Phi) is 5.04. The number of hydrogen-bond acceptors (Lipinski definition) is 3. The number of likely N-dealkylation sites (N-methyl/N-ethyl adjacent to an activating group) is 1. The van der Waals surface area contributed by atoms with Crippen LogP contribution in [0.25, 0.3) is 0 Å². The molecule has 3 nitrogen and oxygen atoms in total. The van der Waals surface area contributed by atoms with Crippen LogP contribution in [-0.2, 0) is 17.6 Å². The van der Waals surface area contributed by atoms with Crippen LogP contribution in [0.3, 0.4) is 0 Å². The Morgan fingerprint density at radius 3 is 2.62 bits per heavy atom. The summed E-state index contributed by atoms with van der Waals surface area (Å²) in [5.41, 5.74) is 2.22. The lowest BCUT2D eigenvalue weighted by Gasteiger charge is -2.37. The molecule has 0 aliphatic carbocycles. The molecule has 1 heterocycles. The number of Topliss-reactive ketones (excluding diaryl/α,β-unsaturated/α-hetero) is 1. The normalized spacial score (nSPS) is 14.1. The maximum absolute atomic E-state index is 12.7. The molecule has 0 aromatic heterocycles. The fourth-order valence-electron chi connectivity index (χ4n) is 3.41. The van der Waals surface area contributed by atoms with Gasteiger partial charge in [0.05, 0.1) is 12.1 Å². The molecule has 1 aliphatic heterocycles. The van der Waals surface area contributed by atoms with Gasteiger partial charge in [0.15, 0.2) is 5.78 Å². The molecule has 0 N–H and O–H groups in total. The Bertz CT molecular complexity index is 504. The monoisotopic (exact) mass is 289 g/mol. The molecule has 0 saturated carbocycles. The summed E-state index contributed by atoms with van der Waals surface area (Å²) in [4.78, 5) is 14.8. The quantitative estimate of drug-likeness (QED) is 0.772. The zero-order chi connectivity index (χ0) is 15.5. The largest absolute Gasteiger partial charge is 0.493 e. The van der Waals surface area contributed by atoms with E-state index in [0.717, 1.165) is 38.0 Å². The predicted molar refractivity (Wildman–Crippen MR) is 86.0 cm³/mol. The fraction of sp³-hybridized carbons (Fsp3) is 0.611. The Morgan fingerprint density at radius 1 is 1.29 bits per heavy atom. The second-order valence-electron chi connectivity index (χ2n) is 6.10. The van der Waals surface area contributed by atoms with Gasteiger partial charge in [-0.2, -0.15) is 0 Å². The van der Waals surface area contributed by atoms with E-state index >= 15 is 0 Å². The van der Waals surface area contributed by atoms with Gasteiger partial charge in [0.2, 0.25) is 0 Å². The Hall–Kier alpha value is -1.35. The van der Waals surface area contributed by atoms with Crippen LogP contribution < -0.4 is 4.74 Å². The lowest BCUT2D eigenvalue weighted by atomic mass is 9.84. The van der Waals surface area contributed by atoms with Crippen molar-refractivity contribution in [3.05, 3.63) is 29.3 Å². The van der Waals surface area contributed by atoms with E-state index in [1.54, 1.807) is 0 Å². The number of rotatable bonds is 7. The molecule has 0 atom stereocenters. The Balaban J connectivity index is 2.03. The van der Waals surface area contributed by atoms with Gasteiger partial charge >= 0.3 is 0 Å². The molecular formula is C18H27NO2. The van der Waals surface area contributed by atoms with Crippen molar-refractivity contribution in [1.82, 2.24) is 4.90 Å². The van der Waals surface area contributed by atoms with E-state index in [-0.39, 0.29) is 5.54 Å². The molecule has 0 bridgehead atoms. The number of aryl methyl sites for hydroxylation is 1. The van der Waals surface area contributed by atoms with Crippen molar-refractivity contribution in [2.45, 2.75) is 51.5 Å². The number of benzene rings is 1. The molecule has 1 aromatic carbocycles. The molecule has 2 rings (SSSR count). The molecular weight excluding hydrogens is 262 g/mol. The van der Waals surface area contributed by atoms with E-state index in [0.29, 0.717) is 12.2 Å². The summed E-state index contributed by atoms with van der Waals surface area (Å²) < 4.78 is 5.53. The Morgan fingerprint density at radius 2 is 2.00 bits per heavy atom. The van der Waals surface area contributed by atoms with Crippen LogP contribution in [0.15, 0.2) is 18.2 Å². The van der Waals surface area contributed by atoms with E-state index in [1.807, 2.05) is 20.2 Å². The smallest absolute Gasteiger partial charge is 0.153 e. The maximum Gasteiger partial charge on any atom is 0.153 e. The number of nitrogens with zero attached hydrogens (tertiary/aromatic N) is 1. The summed E-state index contributed by atoms with van der Waals surface area (Å²) in [6, 6.07) is 6.33. The molecule has 0 unspecified atom stereocenters. The zero-order valence-electron chi connectivity index (χ0n) is 13.7. The first-order valence-corrected chi connectivity index (χ1v) is 7.98. The van der Waals surface area contributed by atoms with E-state index in [2.05, 4.69) is 30.9 Å². The lowest BCUT2D eigenvalue weighted by Crippen LogP contribution is -2.50. The standard InChI is InChI=1S/C18H27NO2/c1-5-18(6-2,19(3)4)17(20)10-8-14-7-9-16-15(13-14)11-12-21-16/h7,9,13H,5-6,8,10-12H2,1-4H3. The average molecular weight is 289 g/mol. The first-order chi connectivity index (χ1) is 10.0. The van der Waals surface area contributed by atoms with Gasteiger partial charge in [0, 0.05) is 12.8 Å². The van der Waals surface area contributed by atoms with E-state index in [4.69, 9.17) is 4.74 Å². The summed E-state index contributed by atoms with van der Waals surface area (Å²) in [5, 5.41) is 0. The zero-order valence-corrected chi connectivity index (χ0v) is 13.7. The number of ether oxygens (including phenoxy) is 1. The molecule has 0 amide bonds. The molecule has 21 heavy (non-hydrogen) atoms. The van der Waals surface area contributed by atoms with E-state index in [1.165, 1.54) is 11.1 Å². The second-order valence-corrected chi connectivity index (χ2v) is 6.10. The van der Waals surface area contributed by atoms with Crippen molar-refractivity contribution in [3.8, 4) is 5.75 Å².